The van der Waals surface area contributed by atoms with Crippen molar-refractivity contribution in [2.24, 2.45) is 0 Å². The second kappa shape index (κ2) is 7.73. The van der Waals surface area contributed by atoms with E-state index in [4.69, 9.17) is 9.47 Å². The molecule has 0 radical (unpaired) electrons. The first kappa shape index (κ1) is 17.5. The molecular weight excluding hydrogens is 346 g/mol. The van der Waals surface area contributed by atoms with Crippen molar-refractivity contribution >= 4 is 11.8 Å². The summed E-state index contributed by atoms with van der Waals surface area (Å²) in [5.41, 5.74) is 1.17. The van der Waals surface area contributed by atoms with Gasteiger partial charge in [0.05, 0.1) is 13.2 Å². The quantitative estimate of drug-likeness (QED) is 0.880. The lowest BCUT2D eigenvalue weighted by molar-refractivity contribution is 0.0716. The molecule has 0 aliphatic carbocycles. The number of rotatable bonds is 2. The Labute approximate surface area is 157 Å². The van der Waals surface area contributed by atoms with Gasteiger partial charge in [0, 0.05) is 44.4 Å². The number of ether oxygens (including phenoxy) is 2. The second-order valence-corrected chi connectivity index (χ2v) is 6.73. The van der Waals surface area contributed by atoms with Crippen molar-refractivity contribution in [3.8, 4) is 11.5 Å². The molecule has 1 saturated heterocycles. The van der Waals surface area contributed by atoms with E-state index in [0.717, 1.165) is 12.8 Å². The number of fused-ring (bicyclic) bond motifs is 1. The maximum absolute atomic E-state index is 12.9. The highest BCUT2D eigenvalue weighted by Gasteiger charge is 2.24. The lowest BCUT2D eigenvalue weighted by atomic mass is 10.1. The molecule has 0 spiro atoms. The van der Waals surface area contributed by atoms with Crippen LogP contribution in [0.1, 0.15) is 33.7 Å². The zero-order valence-corrected chi connectivity index (χ0v) is 15.1. The summed E-state index contributed by atoms with van der Waals surface area (Å²) in [6, 6.07) is 8.92. The summed E-state index contributed by atoms with van der Waals surface area (Å²) in [6.45, 7) is 3.51. The Balaban J connectivity index is 1.44. The first-order valence-corrected chi connectivity index (χ1v) is 9.34. The Bertz CT molecular complexity index is 819. The van der Waals surface area contributed by atoms with Gasteiger partial charge in [-0.05, 0) is 36.8 Å². The van der Waals surface area contributed by atoms with Gasteiger partial charge in [-0.1, -0.05) is 0 Å². The molecule has 4 rings (SSSR count). The number of carbonyl (C=O) groups excluding carboxylic acids is 2. The molecule has 7 nitrogen and oxygen atoms in total. The molecule has 27 heavy (non-hydrogen) atoms. The van der Waals surface area contributed by atoms with Crippen molar-refractivity contribution < 1.29 is 19.1 Å². The molecule has 1 aromatic carbocycles. The molecule has 0 unspecified atom stereocenters. The number of aromatic amines is 1. The van der Waals surface area contributed by atoms with Gasteiger partial charge in [0.1, 0.15) is 5.69 Å². The van der Waals surface area contributed by atoms with Crippen LogP contribution in [0.4, 0.5) is 0 Å². The Morgan fingerprint density at radius 3 is 2.33 bits per heavy atom. The maximum Gasteiger partial charge on any atom is 0.270 e. The van der Waals surface area contributed by atoms with Crippen LogP contribution >= 0.6 is 0 Å². The van der Waals surface area contributed by atoms with Gasteiger partial charge in [-0.2, -0.15) is 0 Å². The molecule has 3 heterocycles. The zero-order valence-electron chi connectivity index (χ0n) is 15.1. The second-order valence-electron chi connectivity index (χ2n) is 6.73. The number of H-pyrrole nitrogens is 1. The molecule has 1 N–H and O–H groups in total. The third-order valence-electron chi connectivity index (χ3n) is 4.89. The number of hydrogen-bond donors (Lipinski definition) is 1. The van der Waals surface area contributed by atoms with Gasteiger partial charge in [-0.15, -0.1) is 0 Å². The summed E-state index contributed by atoms with van der Waals surface area (Å²) in [6.07, 6.45) is 3.32. The molecule has 0 bridgehead atoms. The minimum Gasteiger partial charge on any atom is -0.490 e. The van der Waals surface area contributed by atoms with Gasteiger partial charge in [0.15, 0.2) is 11.5 Å². The summed E-state index contributed by atoms with van der Waals surface area (Å²) < 4.78 is 11.3. The summed E-state index contributed by atoms with van der Waals surface area (Å²) >= 11 is 0. The van der Waals surface area contributed by atoms with E-state index in [1.165, 1.54) is 0 Å². The van der Waals surface area contributed by atoms with Crippen molar-refractivity contribution in [1.82, 2.24) is 14.8 Å². The average molecular weight is 369 g/mol. The standard InChI is InChI=1S/C20H23N3O4/c24-19(15-5-6-17-18(14-15)27-13-3-12-26-17)22-8-2-9-23(11-10-22)20(25)16-4-1-7-21-16/h1,4-7,14,21H,2-3,8-13H2. The van der Waals surface area contributed by atoms with Crippen LogP contribution in [0.2, 0.25) is 0 Å². The molecule has 2 aliphatic rings. The zero-order chi connectivity index (χ0) is 18.6. The minimum atomic E-state index is -0.0418. The number of hydrogen-bond acceptors (Lipinski definition) is 4. The van der Waals surface area contributed by atoms with Crippen molar-refractivity contribution in [2.75, 3.05) is 39.4 Å². The molecule has 1 aromatic heterocycles. The lowest BCUT2D eigenvalue weighted by Crippen LogP contribution is -2.37. The number of aromatic nitrogens is 1. The van der Waals surface area contributed by atoms with Gasteiger partial charge in [-0.3, -0.25) is 9.59 Å². The molecule has 0 atom stereocenters. The van der Waals surface area contributed by atoms with E-state index in [1.54, 1.807) is 40.3 Å². The minimum absolute atomic E-state index is 0.0233. The fourth-order valence-electron chi connectivity index (χ4n) is 3.44. The van der Waals surface area contributed by atoms with E-state index in [-0.39, 0.29) is 11.8 Å². The number of carbonyl (C=O) groups is 2. The van der Waals surface area contributed by atoms with Crippen LogP contribution in [-0.4, -0.2) is 66.0 Å². The van der Waals surface area contributed by atoms with Gasteiger partial charge < -0.3 is 24.3 Å². The number of nitrogens with one attached hydrogen (secondary N) is 1. The van der Waals surface area contributed by atoms with E-state index >= 15 is 0 Å². The number of nitrogens with zero attached hydrogens (tertiary/aromatic N) is 2. The monoisotopic (exact) mass is 369 g/mol. The molecule has 0 saturated carbocycles. The van der Waals surface area contributed by atoms with Crippen LogP contribution < -0.4 is 9.47 Å². The van der Waals surface area contributed by atoms with E-state index < -0.39 is 0 Å². The summed E-state index contributed by atoms with van der Waals surface area (Å²) in [5, 5.41) is 0. The highest BCUT2D eigenvalue weighted by molar-refractivity contribution is 5.95. The third-order valence-corrected chi connectivity index (χ3v) is 4.89. The molecule has 2 aromatic rings. The highest BCUT2D eigenvalue weighted by atomic mass is 16.5. The molecular formula is C20H23N3O4. The smallest absolute Gasteiger partial charge is 0.270 e. The SMILES string of the molecule is O=C(c1ccc2c(c1)OCCCO2)N1CCCN(C(=O)c2ccc[nH]2)CC1. The first-order valence-electron chi connectivity index (χ1n) is 9.34. The Kier molecular flexibility index (Phi) is 5.00. The number of amides is 2. The summed E-state index contributed by atoms with van der Waals surface area (Å²) in [5.74, 6) is 1.24. The Morgan fingerprint density at radius 1 is 0.852 bits per heavy atom. The normalized spacial score (nSPS) is 17.2. The predicted molar refractivity (Wildman–Crippen MR) is 99.3 cm³/mol. The van der Waals surface area contributed by atoms with E-state index in [9.17, 15) is 9.59 Å². The van der Waals surface area contributed by atoms with Crippen molar-refractivity contribution in [3.63, 3.8) is 0 Å². The van der Waals surface area contributed by atoms with Crippen LogP contribution in [0.3, 0.4) is 0 Å². The molecule has 1 fully saturated rings. The van der Waals surface area contributed by atoms with Gasteiger partial charge in [-0.25, -0.2) is 0 Å². The predicted octanol–water partition coefficient (Wildman–Crippen LogP) is 2.16. The first-order chi connectivity index (χ1) is 13.2. The van der Waals surface area contributed by atoms with Crippen molar-refractivity contribution in [1.29, 1.82) is 0 Å². The van der Waals surface area contributed by atoms with E-state index in [0.29, 0.717) is 62.1 Å². The van der Waals surface area contributed by atoms with E-state index in [2.05, 4.69) is 4.98 Å². The Morgan fingerprint density at radius 2 is 1.59 bits per heavy atom. The molecule has 2 amide bonds. The van der Waals surface area contributed by atoms with Crippen LogP contribution in [0.15, 0.2) is 36.5 Å². The maximum atomic E-state index is 12.9. The van der Waals surface area contributed by atoms with Gasteiger partial charge in [0.2, 0.25) is 0 Å². The van der Waals surface area contributed by atoms with E-state index in [1.807, 2.05) is 6.07 Å². The van der Waals surface area contributed by atoms with Crippen LogP contribution in [0, 0.1) is 0 Å². The fraction of sp³-hybridized carbons (Fsp3) is 0.400. The summed E-state index contributed by atoms with van der Waals surface area (Å²) in [7, 11) is 0. The van der Waals surface area contributed by atoms with Gasteiger partial charge in [0.25, 0.3) is 11.8 Å². The summed E-state index contributed by atoms with van der Waals surface area (Å²) in [4.78, 5) is 32.0. The average Bonchev–Trinajstić information content (AvgIpc) is 2.98. The van der Waals surface area contributed by atoms with Gasteiger partial charge >= 0.3 is 0 Å². The topological polar surface area (TPSA) is 74.9 Å². The van der Waals surface area contributed by atoms with Crippen LogP contribution in [0.25, 0.3) is 0 Å². The molecule has 2 aliphatic heterocycles. The van der Waals surface area contributed by atoms with Crippen LogP contribution in [0.5, 0.6) is 11.5 Å². The number of benzene rings is 1. The largest absolute Gasteiger partial charge is 0.490 e. The van der Waals surface area contributed by atoms with Crippen molar-refractivity contribution in [3.05, 3.63) is 47.8 Å². The molecule has 142 valence electrons. The van der Waals surface area contributed by atoms with Crippen molar-refractivity contribution in [2.45, 2.75) is 12.8 Å². The van der Waals surface area contributed by atoms with Crippen LogP contribution in [-0.2, 0) is 0 Å². The third kappa shape index (κ3) is 3.77. The Hall–Kier alpha value is -2.96. The fourth-order valence-corrected chi connectivity index (χ4v) is 3.44. The molecule has 7 heteroatoms. The highest BCUT2D eigenvalue weighted by Crippen LogP contribution is 2.30. The lowest BCUT2D eigenvalue weighted by Gasteiger charge is -2.22.